The fraction of sp³-hybridized carbons (Fsp3) is 0.348. The zero-order valence-corrected chi connectivity index (χ0v) is 18.7. The lowest BCUT2D eigenvalue weighted by molar-refractivity contribution is -0.121. The Morgan fingerprint density at radius 1 is 1.29 bits per heavy atom. The molecule has 2 atom stereocenters. The molecule has 0 aliphatic heterocycles. The molecule has 1 amide bonds. The molecule has 176 valence electrons. The quantitative estimate of drug-likeness (QED) is 0.410. The van der Waals surface area contributed by atoms with Crippen molar-refractivity contribution in [2.45, 2.75) is 31.8 Å². The number of nitrogens with two attached hydrogens (primary N) is 1. The van der Waals surface area contributed by atoms with Crippen LogP contribution in [0.1, 0.15) is 19.3 Å². The summed E-state index contributed by atoms with van der Waals surface area (Å²) in [5.41, 5.74) is 8.32. The smallest absolute Gasteiger partial charge is 0.224 e. The number of carbonyl (C=O) groups excluding carboxylic acids is 1. The van der Waals surface area contributed by atoms with Gasteiger partial charge in [-0.1, -0.05) is 0 Å². The second kappa shape index (κ2) is 9.18. The average Bonchev–Trinajstić information content (AvgIpc) is 3.57. The number of nitrogens with one attached hydrogen (secondary N) is 1. The number of halogens is 1. The van der Waals surface area contributed by atoms with Crippen molar-refractivity contribution < 1.29 is 13.9 Å². The molecule has 0 saturated heterocycles. The second-order valence-electron chi connectivity index (χ2n) is 8.42. The molecule has 4 aromatic rings. The molecule has 3 N–H and O–H groups in total. The minimum Gasteiger partial charge on any atom is -0.383 e. The van der Waals surface area contributed by atoms with Crippen LogP contribution in [-0.4, -0.2) is 55.0 Å². The van der Waals surface area contributed by atoms with Gasteiger partial charge >= 0.3 is 0 Å². The van der Waals surface area contributed by atoms with Crippen LogP contribution in [0.5, 0.6) is 0 Å². The molecular weight excluding hydrogens is 439 g/mol. The number of aromatic nitrogens is 6. The monoisotopic (exact) mass is 464 g/mol. The zero-order chi connectivity index (χ0) is 23.7. The molecule has 3 heterocycles. The van der Waals surface area contributed by atoms with Crippen LogP contribution < -0.4 is 11.1 Å². The number of imidazole rings is 1. The molecule has 1 fully saturated rings. The SMILES string of the molecule is COCCn1cc(-c2ccc(-n3cnc4cnc(NC5CCC(C(N)=O)C5)nc43)cc2F)cn1. The summed E-state index contributed by atoms with van der Waals surface area (Å²) in [7, 11) is 1.63. The molecule has 1 aromatic carbocycles. The van der Waals surface area contributed by atoms with Crippen molar-refractivity contribution in [2.75, 3.05) is 19.0 Å². The summed E-state index contributed by atoms with van der Waals surface area (Å²) in [5.74, 6) is -0.335. The van der Waals surface area contributed by atoms with Crippen molar-refractivity contribution in [3.8, 4) is 16.8 Å². The Hall–Kier alpha value is -3.86. The summed E-state index contributed by atoms with van der Waals surface area (Å²) in [5, 5.41) is 7.54. The minimum absolute atomic E-state index is 0.0767. The van der Waals surface area contributed by atoms with Crippen molar-refractivity contribution in [2.24, 2.45) is 11.7 Å². The van der Waals surface area contributed by atoms with Crippen LogP contribution >= 0.6 is 0 Å². The van der Waals surface area contributed by atoms with E-state index < -0.39 is 0 Å². The molecule has 10 nitrogen and oxygen atoms in total. The molecule has 3 aromatic heterocycles. The molecule has 1 saturated carbocycles. The summed E-state index contributed by atoms with van der Waals surface area (Å²) in [4.78, 5) is 24.7. The molecular formula is C23H25FN8O2. The third-order valence-corrected chi connectivity index (χ3v) is 6.16. The fourth-order valence-electron chi connectivity index (χ4n) is 4.32. The highest BCUT2D eigenvalue weighted by Crippen LogP contribution is 2.28. The van der Waals surface area contributed by atoms with E-state index in [1.54, 1.807) is 47.3 Å². The summed E-state index contributed by atoms with van der Waals surface area (Å²) < 4.78 is 23.6. The number of ether oxygens (including phenoxy) is 1. The van der Waals surface area contributed by atoms with E-state index in [0.717, 1.165) is 12.8 Å². The topological polar surface area (TPSA) is 126 Å². The van der Waals surface area contributed by atoms with E-state index in [9.17, 15) is 4.79 Å². The van der Waals surface area contributed by atoms with Crippen LogP contribution in [-0.2, 0) is 16.1 Å². The first-order valence-electron chi connectivity index (χ1n) is 11.1. The van der Waals surface area contributed by atoms with Gasteiger partial charge in [-0.05, 0) is 37.5 Å². The molecule has 2 unspecified atom stereocenters. The van der Waals surface area contributed by atoms with E-state index in [1.807, 2.05) is 6.07 Å². The molecule has 5 rings (SSSR count). The number of carbonyl (C=O) groups is 1. The first-order valence-corrected chi connectivity index (χ1v) is 11.1. The maximum atomic E-state index is 15.1. The van der Waals surface area contributed by atoms with Gasteiger partial charge in [0.1, 0.15) is 17.7 Å². The molecule has 0 spiro atoms. The minimum atomic E-state index is -0.374. The second-order valence-corrected chi connectivity index (χ2v) is 8.42. The number of hydrogen-bond donors (Lipinski definition) is 2. The van der Waals surface area contributed by atoms with Gasteiger partial charge in [-0.2, -0.15) is 10.1 Å². The van der Waals surface area contributed by atoms with Crippen molar-refractivity contribution in [3.05, 3.63) is 48.9 Å². The molecule has 1 aliphatic rings. The number of fused-ring (bicyclic) bond motifs is 1. The summed E-state index contributed by atoms with van der Waals surface area (Å²) in [6.45, 7) is 1.12. The van der Waals surface area contributed by atoms with E-state index in [0.29, 0.717) is 53.5 Å². The Morgan fingerprint density at radius 2 is 2.18 bits per heavy atom. The van der Waals surface area contributed by atoms with E-state index in [-0.39, 0.29) is 23.7 Å². The van der Waals surface area contributed by atoms with Crippen molar-refractivity contribution in [1.82, 2.24) is 29.3 Å². The van der Waals surface area contributed by atoms with E-state index in [1.165, 1.54) is 6.07 Å². The van der Waals surface area contributed by atoms with Gasteiger partial charge in [0.15, 0.2) is 5.65 Å². The van der Waals surface area contributed by atoms with Gasteiger partial charge in [0.2, 0.25) is 11.9 Å². The highest BCUT2D eigenvalue weighted by Gasteiger charge is 2.28. The standard InChI is InChI=1S/C23H25FN8O2/c1-34-7-6-31-12-15(10-28-31)18-5-4-17(9-19(18)24)32-13-27-20-11-26-23(30-22(20)32)29-16-3-2-14(8-16)21(25)33/h4-5,9-14,16H,2-3,6-8H2,1H3,(H2,25,33)(H,26,29,30). The summed E-state index contributed by atoms with van der Waals surface area (Å²) in [6, 6.07) is 5.06. The van der Waals surface area contributed by atoms with Crippen LogP contribution in [0.25, 0.3) is 28.0 Å². The Morgan fingerprint density at radius 3 is 2.94 bits per heavy atom. The number of hydrogen-bond acceptors (Lipinski definition) is 7. The number of amides is 1. The zero-order valence-electron chi connectivity index (χ0n) is 18.7. The van der Waals surface area contributed by atoms with Crippen molar-refractivity contribution >= 4 is 23.0 Å². The Labute approximate surface area is 195 Å². The lowest BCUT2D eigenvalue weighted by Crippen LogP contribution is -2.23. The number of rotatable bonds is 8. The van der Waals surface area contributed by atoms with Gasteiger partial charge in [-0.3, -0.25) is 14.0 Å². The predicted octanol–water partition coefficient (Wildman–Crippen LogP) is 2.53. The largest absolute Gasteiger partial charge is 0.383 e. The molecule has 1 aliphatic carbocycles. The van der Waals surface area contributed by atoms with Gasteiger partial charge in [0.25, 0.3) is 0 Å². The number of anilines is 1. The Kier molecular flexibility index (Phi) is 5.93. The molecule has 34 heavy (non-hydrogen) atoms. The van der Waals surface area contributed by atoms with E-state index in [4.69, 9.17) is 10.5 Å². The number of nitrogens with zero attached hydrogens (tertiary/aromatic N) is 6. The molecule has 0 radical (unpaired) electrons. The van der Waals surface area contributed by atoms with Gasteiger partial charge in [0.05, 0.1) is 31.2 Å². The maximum absolute atomic E-state index is 15.1. The Balaban J connectivity index is 1.38. The Bertz CT molecular complexity index is 1330. The van der Waals surface area contributed by atoms with Gasteiger partial charge < -0.3 is 15.8 Å². The van der Waals surface area contributed by atoms with E-state index >= 15 is 4.39 Å². The van der Waals surface area contributed by atoms with Crippen LogP contribution in [0.15, 0.2) is 43.1 Å². The third kappa shape index (κ3) is 4.34. The summed E-state index contributed by atoms with van der Waals surface area (Å²) in [6.07, 6.45) is 8.88. The van der Waals surface area contributed by atoms with Crippen LogP contribution in [0.4, 0.5) is 10.3 Å². The predicted molar refractivity (Wildman–Crippen MR) is 124 cm³/mol. The number of methoxy groups -OCH3 is 1. The normalized spacial score (nSPS) is 17.9. The van der Waals surface area contributed by atoms with Gasteiger partial charge in [-0.25, -0.2) is 14.4 Å². The third-order valence-electron chi connectivity index (χ3n) is 6.16. The molecule has 0 bridgehead atoms. The van der Waals surface area contributed by atoms with Crippen molar-refractivity contribution in [1.29, 1.82) is 0 Å². The van der Waals surface area contributed by atoms with Crippen LogP contribution in [0.3, 0.4) is 0 Å². The first kappa shape index (κ1) is 22.0. The van der Waals surface area contributed by atoms with Crippen LogP contribution in [0, 0.1) is 11.7 Å². The van der Waals surface area contributed by atoms with Gasteiger partial charge in [0, 0.05) is 36.4 Å². The highest BCUT2D eigenvalue weighted by molar-refractivity contribution is 5.77. The van der Waals surface area contributed by atoms with Gasteiger partial charge in [-0.15, -0.1) is 0 Å². The number of primary amides is 1. The average molecular weight is 465 g/mol. The molecule has 11 heteroatoms. The maximum Gasteiger partial charge on any atom is 0.224 e. The van der Waals surface area contributed by atoms with Crippen molar-refractivity contribution in [3.63, 3.8) is 0 Å². The fourth-order valence-corrected chi connectivity index (χ4v) is 4.32. The highest BCUT2D eigenvalue weighted by atomic mass is 19.1. The van der Waals surface area contributed by atoms with E-state index in [2.05, 4.69) is 25.4 Å². The lowest BCUT2D eigenvalue weighted by Gasteiger charge is -2.12. The lowest BCUT2D eigenvalue weighted by atomic mass is 10.1. The van der Waals surface area contributed by atoms with Crippen LogP contribution in [0.2, 0.25) is 0 Å². The number of benzene rings is 1. The summed E-state index contributed by atoms with van der Waals surface area (Å²) >= 11 is 0. The first-order chi connectivity index (χ1) is 16.5.